The number of thiocarbonyl (C=S) groups is 1. The summed E-state index contributed by atoms with van der Waals surface area (Å²) in [6, 6.07) is 7.06. The molecule has 3 rings (SSSR count). The second-order valence-electron chi connectivity index (χ2n) is 5.39. The van der Waals surface area contributed by atoms with Gasteiger partial charge in [-0.05, 0) is 24.8 Å². The average Bonchev–Trinajstić information content (AvgIpc) is 3.00. The summed E-state index contributed by atoms with van der Waals surface area (Å²) in [5, 5.41) is 3.37. The lowest BCUT2D eigenvalue weighted by atomic mass is 10.1. The van der Waals surface area contributed by atoms with Crippen LogP contribution in [0.2, 0.25) is 0 Å². The highest BCUT2D eigenvalue weighted by Gasteiger charge is 2.38. The number of hydrogen-bond acceptors (Lipinski definition) is 4. The van der Waals surface area contributed by atoms with Gasteiger partial charge in [-0.15, -0.1) is 0 Å². The highest BCUT2D eigenvalue weighted by Crippen LogP contribution is 2.29. The van der Waals surface area contributed by atoms with Gasteiger partial charge in [0.15, 0.2) is 0 Å². The maximum absolute atomic E-state index is 12.5. The van der Waals surface area contributed by atoms with E-state index >= 15 is 0 Å². The Kier molecular flexibility index (Phi) is 4.34. The van der Waals surface area contributed by atoms with Gasteiger partial charge < -0.3 is 9.42 Å². The second kappa shape index (κ2) is 6.27. The highest BCUT2D eigenvalue weighted by molar-refractivity contribution is 7.80. The number of nitrogens with zero attached hydrogens (tertiary/aromatic N) is 3. The van der Waals surface area contributed by atoms with Gasteiger partial charge in [-0.1, -0.05) is 41.6 Å². The molecule has 122 valence electrons. The fourth-order valence-corrected chi connectivity index (χ4v) is 2.76. The first-order valence-electron chi connectivity index (χ1n) is 7.21. The van der Waals surface area contributed by atoms with E-state index in [1.807, 2.05) is 12.1 Å². The van der Waals surface area contributed by atoms with Gasteiger partial charge in [0.25, 0.3) is 0 Å². The van der Waals surface area contributed by atoms with Crippen LogP contribution in [-0.4, -0.2) is 26.6 Å². The molecular formula is C15H14F3N3OS. The van der Waals surface area contributed by atoms with Crippen molar-refractivity contribution in [3.05, 3.63) is 35.7 Å². The summed E-state index contributed by atoms with van der Waals surface area (Å²) in [7, 11) is 0. The van der Waals surface area contributed by atoms with Crippen LogP contribution < -0.4 is 0 Å². The number of alkyl halides is 3. The van der Waals surface area contributed by atoms with Gasteiger partial charge in [0.1, 0.15) is 0 Å². The molecule has 0 spiro atoms. The van der Waals surface area contributed by atoms with E-state index in [0.29, 0.717) is 12.1 Å². The van der Waals surface area contributed by atoms with Crippen molar-refractivity contribution in [2.24, 2.45) is 0 Å². The van der Waals surface area contributed by atoms with Gasteiger partial charge in [-0.25, -0.2) is 0 Å². The van der Waals surface area contributed by atoms with Crippen LogP contribution in [-0.2, 0) is 12.7 Å². The number of aromatic nitrogens is 2. The van der Waals surface area contributed by atoms with Crippen LogP contribution >= 0.6 is 12.2 Å². The summed E-state index contributed by atoms with van der Waals surface area (Å²) in [4.78, 5) is 6.50. The molecule has 4 nitrogen and oxygen atoms in total. The van der Waals surface area contributed by atoms with Gasteiger partial charge in [0, 0.05) is 18.7 Å². The Morgan fingerprint density at radius 3 is 2.52 bits per heavy atom. The molecule has 0 radical (unpaired) electrons. The van der Waals surface area contributed by atoms with Crippen LogP contribution in [0.15, 0.2) is 28.8 Å². The number of rotatable bonds is 3. The molecule has 0 amide bonds. The van der Waals surface area contributed by atoms with Crippen LogP contribution in [0.4, 0.5) is 13.2 Å². The summed E-state index contributed by atoms with van der Waals surface area (Å²) in [5.74, 6) is -1.41. The molecule has 0 N–H and O–H groups in total. The van der Waals surface area contributed by atoms with Crippen molar-refractivity contribution < 1.29 is 17.7 Å². The van der Waals surface area contributed by atoms with E-state index in [4.69, 9.17) is 12.2 Å². The molecule has 8 heteroatoms. The molecule has 1 aromatic heterocycles. The predicted molar refractivity (Wildman–Crippen MR) is 81.6 cm³/mol. The average molecular weight is 341 g/mol. The zero-order valence-corrected chi connectivity index (χ0v) is 13.0. The Morgan fingerprint density at radius 2 is 1.91 bits per heavy atom. The maximum Gasteiger partial charge on any atom is 0.471 e. The van der Waals surface area contributed by atoms with E-state index in [2.05, 4.69) is 19.6 Å². The van der Waals surface area contributed by atoms with Crippen molar-refractivity contribution >= 4 is 17.2 Å². The normalized spacial score (nSPS) is 16.0. The molecule has 0 atom stereocenters. The molecule has 1 aliphatic heterocycles. The largest absolute Gasteiger partial charge is 0.471 e. The lowest BCUT2D eigenvalue weighted by Gasteiger charge is -2.29. The Hall–Kier alpha value is -1.96. The molecule has 2 heterocycles. The zero-order valence-electron chi connectivity index (χ0n) is 12.1. The fraction of sp³-hybridized carbons (Fsp3) is 0.400. The predicted octanol–water partition coefficient (Wildman–Crippen LogP) is 4.07. The molecule has 1 fully saturated rings. The SMILES string of the molecule is FC(F)(F)c1nc(-c2ccc(CN3CCCCC3=S)cc2)no1. The molecule has 0 bridgehead atoms. The number of likely N-dealkylation sites (tertiary alicyclic amines) is 1. The first-order chi connectivity index (χ1) is 10.9. The Labute approximate surface area is 136 Å². The van der Waals surface area contributed by atoms with Crippen LogP contribution in [0.1, 0.15) is 30.7 Å². The standard InChI is InChI=1S/C15H14F3N3OS/c16-15(17,18)14-19-13(20-22-14)11-6-4-10(5-7-11)9-21-8-2-1-3-12(21)23/h4-7H,1-3,8-9H2. The molecule has 0 unspecified atom stereocenters. The third-order valence-corrected chi connectivity index (χ3v) is 4.14. The molecule has 23 heavy (non-hydrogen) atoms. The topological polar surface area (TPSA) is 42.2 Å². The molecule has 1 aromatic carbocycles. The Balaban J connectivity index is 1.72. The maximum atomic E-state index is 12.5. The van der Waals surface area contributed by atoms with Crippen LogP contribution in [0, 0.1) is 0 Å². The number of benzene rings is 1. The van der Waals surface area contributed by atoms with Gasteiger partial charge in [0.05, 0.1) is 4.99 Å². The quantitative estimate of drug-likeness (QED) is 0.787. The molecule has 1 saturated heterocycles. The zero-order chi connectivity index (χ0) is 16.4. The molecular weight excluding hydrogens is 327 g/mol. The van der Waals surface area contributed by atoms with Gasteiger partial charge >= 0.3 is 12.1 Å². The van der Waals surface area contributed by atoms with E-state index in [1.165, 1.54) is 0 Å². The highest BCUT2D eigenvalue weighted by atomic mass is 32.1. The summed E-state index contributed by atoms with van der Waals surface area (Å²) in [6.07, 6.45) is -1.43. The third kappa shape index (κ3) is 3.69. The molecule has 0 aliphatic carbocycles. The van der Waals surface area contributed by atoms with Gasteiger partial charge in [0.2, 0.25) is 5.82 Å². The van der Waals surface area contributed by atoms with Gasteiger partial charge in [-0.3, -0.25) is 0 Å². The van der Waals surface area contributed by atoms with Crippen molar-refractivity contribution in [1.29, 1.82) is 0 Å². The van der Waals surface area contributed by atoms with Crippen molar-refractivity contribution in [3.8, 4) is 11.4 Å². The first kappa shape index (κ1) is 15.9. The lowest BCUT2D eigenvalue weighted by molar-refractivity contribution is -0.159. The van der Waals surface area contributed by atoms with Crippen molar-refractivity contribution in [1.82, 2.24) is 15.0 Å². The molecule has 2 aromatic rings. The van der Waals surface area contributed by atoms with Crippen LogP contribution in [0.25, 0.3) is 11.4 Å². The van der Waals surface area contributed by atoms with Crippen LogP contribution in [0.3, 0.4) is 0 Å². The monoisotopic (exact) mass is 341 g/mol. The van der Waals surface area contributed by atoms with Crippen LogP contribution in [0.5, 0.6) is 0 Å². The number of piperidine rings is 1. The van der Waals surface area contributed by atoms with E-state index < -0.39 is 12.1 Å². The summed E-state index contributed by atoms with van der Waals surface area (Å²) in [6.45, 7) is 1.65. The third-order valence-electron chi connectivity index (χ3n) is 3.68. The van der Waals surface area contributed by atoms with Crippen molar-refractivity contribution in [2.45, 2.75) is 32.0 Å². The smallest absolute Gasteiger partial charge is 0.362 e. The minimum Gasteiger partial charge on any atom is -0.362 e. The lowest BCUT2D eigenvalue weighted by Crippen LogP contribution is -2.33. The van der Waals surface area contributed by atoms with Crippen molar-refractivity contribution in [2.75, 3.05) is 6.54 Å². The minimum atomic E-state index is -4.63. The number of hydrogen-bond donors (Lipinski definition) is 0. The molecule has 0 saturated carbocycles. The summed E-state index contributed by atoms with van der Waals surface area (Å²) in [5.41, 5.74) is 1.52. The fourth-order valence-electron chi connectivity index (χ4n) is 2.46. The molecule has 1 aliphatic rings. The number of halogens is 3. The van der Waals surface area contributed by atoms with Gasteiger partial charge in [-0.2, -0.15) is 18.2 Å². The van der Waals surface area contributed by atoms with E-state index in [9.17, 15) is 13.2 Å². The summed E-state index contributed by atoms with van der Waals surface area (Å²) >= 11 is 5.35. The summed E-state index contributed by atoms with van der Waals surface area (Å²) < 4.78 is 41.6. The van der Waals surface area contributed by atoms with E-state index in [-0.39, 0.29) is 5.82 Å². The Morgan fingerprint density at radius 1 is 1.17 bits per heavy atom. The minimum absolute atomic E-state index is 0.0719. The first-order valence-corrected chi connectivity index (χ1v) is 7.62. The van der Waals surface area contributed by atoms with E-state index in [0.717, 1.165) is 36.4 Å². The second-order valence-corrected chi connectivity index (χ2v) is 5.86. The van der Waals surface area contributed by atoms with E-state index in [1.54, 1.807) is 12.1 Å². The Bertz CT molecular complexity index is 697. The van der Waals surface area contributed by atoms with Crippen molar-refractivity contribution in [3.63, 3.8) is 0 Å².